The number of fused-ring (bicyclic) bond motifs is 5. The van der Waals surface area contributed by atoms with E-state index in [0.29, 0.717) is 23.5 Å². The molecule has 1 saturated heterocycles. The summed E-state index contributed by atoms with van der Waals surface area (Å²) in [6.45, 7) is 8.90. The Balaban J connectivity index is 1.36. The average Bonchev–Trinajstić information content (AvgIpc) is 3.90. The summed E-state index contributed by atoms with van der Waals surface area (Å²) >= 11 is 0. The van der Waals surface area contributed by atoms with Gasteiger partial charge in [0.15, 0.2) is 11.4 Å². The zero-order chi connectivity index (χ0) is 36.4. The Morgan fingerprint density at radius 3 is 2.35 bits per heavy atom. The average molecular weight is 700 g/mol. The fraction of sp³-hybridized carbons (Fsp3) is 0.417. The zero-order valence-corrected chi connectivity index (χ0v) is 29.0. The highest BCUT2D eigenvalue weighted by Gasteiger charge is 2.43. The molecular weight excluding hydrogens is 658 g/mol. The number of furan rings is 1. The SMILES string of the molecule is Cc1cc(C(=O)N[C@H]2C[C@H]3C(=O)N[C@@H](Cc4ccccc4)c4nc(co4)C(=O)N[C@H](CC(C)C)C(=O)N[C@H](C)c4nc(co4)C(=O)N3C2)c(C)o1. The van der Waals surface area contributed by atoms with Crippen molar-refractivity contribution in [1.29, 1.82) is 0 Å². The second-order valence-corrected chi connectivity index (χ2v) is 13.5. The van der Waals surface area contributed by atoms with Crippen LogP contribution in [0.1, 0.15) is 106 Å². The van der Waals surface area contributed by atoms with E-state index in [2.05, 4.69) is 31.2 Å². The second-order valence-electron chi connectivity index (χ2n) is 13.5. The number of carbonyl (C=O) groups is 5. The van der Waals surface area contributed by atoms with Crippen LogP contribution < -0.4 is 21.3 Å². The van der Waals surface area contributed by atoms with E-state index in [1.807, 2.05) is 44.2 Å². The molecular formula is C36H41N7O8. The summed E-state index contributed by atoms with van der Waals surface area (Å²) < 4.78 is 16.9. The van der Waals surface area contributed by atoms with Crippen molar-refractivity contribution in [2.75, 3.05) is 6.54 Å². The van der Waals surface area contributed by atoms with E-state index in [9.17, 15) is 24.0 Å². The number of aromatic nitrogens is 2. The predicted molar refractivity (Wildman–Crippen MR) is 180 cm³/mol. The highest BCUT2D eigenvalue weighted by molar-refractivity contribution is 5.98. The van der Waals surface area contributed by atoms with Gasteiger partial charge in [0, 0.05) is 19.0 Å². The predicted octanol–water partition coefficient (Wildman–Crippen LogP) is 3.32. The maximum Gasteiger partial charge on any atom is 0.276 e. The van der Waals surface area contributed by atoms with Crippen molar-refractivity contribution in [3.8, 4) is 0 Å². The molecule has 0 radical (unpaired) electrons. The molecule has 2 aliphatic rings. The number of rotatable bonds is 6. The molecule has 5 amide bonds. The van der Waals surface area contributed by atoms with Gasteiger partial charge in [-0.1, -0.05) is 44.2 Å². The van der Waals surface area contributed by atoms with Gasteiger partial charge in [0.25, 0.3) is 17.7 Å². The summed E-state index contributed by atoms with van der Waals surface area (Å²) in [5.41, 5.74) is 1.05. The molecule has 0 aliphatic carbocycles. The first-order valence-electron chi connectivity index (χ1n) is 16.9. The lowest BCUT2D eigenvalue weighted by Gasteiger charge is -2.25. The van der Waals surface area contributed by atoms with E-state index in [-0.39, 0.29) is 48.5 Å². The maximum absolute atomic E-state index is 14.2. The topological polar surface area (TPSA) is 202 Å². The molecule has 0 unspecified atom stereocenters. The second kappa shape index (κ2) is 14.6. The van der Waals surface area contributed by atoms with E-state index in [1.165, 1.54) is 17.4 Å². The van der Waals surface area contributed by atoms with Crippen LogP contribution in [-0.2, 0) is 16.0 Å². The molecule has 4 aromatic rings. The molecule has 15 nitrogen and oxygen atoms in total. The third kappa shape index (κ3) is 7.87. The van der Waals surface area contributed by atoms with Gasteiger partial charge in [0.1, 0.15) is 48.2 Å². The molecule has 5 atom stereocenters. The van der Waals surface area contributed by atoms with E-state index >= 15 is 0 Å². The molecule has 51 heavy (non-hydrogen) atoms. The Hall–Kier alpha value is -5.73. The third-order valence-electron chi connectivity index (χ3n) is 8.94. The van der Waals surface area contributed by atoms with Crippen LogP contribution in [0.5, 0.6) is 0 Å². The van der Waals surface area contributed by atoms with Crippen molar-refractivity contribution in [2.45, 2.75) is 84.1 Å². The summed E-state index contributed by atoms with van der Waals surface area (Å²) in [5.74, 6) is -1.43. The minimum Gasteiger partial charge on any atom is -0.466 e. The van der Waals surface area contributed by atoms with Gasteiger partial charge in [-0.15, -0.1) is 0 Å². The quantitative estimate of drug-likeness (QED) is 0.231. The van der Waals surface area contributed by atoms with E-state index in [1.54, 1.807) is 26.8 Å². The molecule has 268 valence electrons. The number of amides is 5. The van der Waals surface area contributed by atoms with Crippen LogP contribution in [0.2, 0.25) is 0 Å². The van der Waals surface area contributed by atoms with Crippen LogP contribution in [0.4, 0.5) is 0 Å². The molecule has 4 bridgehead atoms. The Morgan fingerprint density at radius 1 is 0.941 bits per heavy atom. The Bertz CT molecular complexity index is 1930. The molecule has 1 aromatic carbocycles. The summed E-state index contributed by atoms with van der Waals surface area (Å²) in [7, 11) is 0. The van der Waals surface area contributed by atoms with Gasteiger partial charge in [0.2, 0.25) is 23.6 Å². The summed E-state index contributed by atoms with van der Waals surface area (Å²) in [6.07, 6.45) is 3.01. The van der Waals surface area contributed by atoms with Gasteiger partial charge >= 0.3 is 0 Å². The number of aryl methyl sites for hydroxylation is 2. The third-order valence-corrected chi connectivity index (χ3v) is 8.94. The lowest BCUT2D eigenvalue weighted by Crippen LogP contribution is -2.48. The van der Waals surface area contributed by atoms with Crippen LogP contribution in [0.3, 0.4) is 0 Å². The smallest absolute Gasteiger partial charge is 0.276 e. The van der Waals surface area contributed by atoms with Gasteiger partial charge in [-0.2, -0.15) is 0 Å². The van der Waals surface area contributed by atoms with Gasteiger partial charge in [-0.3, -0.25) is 24.0 Å². The van der Waals surface area contributed by atoms with Crippen LogP contribution in [0.15, 0.2) is 62.2 Å². The Morgan fingerprint density at radius 2 is 1.65 bits per heavy atom. The summed E-state index contributed by atoms with van der Waals surface area (Å²) in [4.78, 5) is 78.5. The minimum absolute atomic E-state index is 0.00339. The van der Waals surface area contributed by atoms with Crippen molar-refractivity contribution in [3.63, 3.8) is 0 Å². The van der Waals surface area contributed by atoms with Crippen molar-refractivity contribution >= 4 is 29.5 Å². The van der Waals surface area contributed by atoms with Crippen molar-refractivity contribution in [2.24, 2.45) is 5.92 Å². The van der Waals surface area contributed by atoms with Gasteiger partial charge in [-0.05, 0) is 51.2 Å². The van der Waals surface area contributed by atoms with E-state index < -0.39 is 59.7 Å². The highest BCUT2D eigenvalue weighted by atomic mass is 16.4. The van der Waals surface area contributed by atoms with Gasteiger partial charge in [-0.25, -0.2) is 9.97 Å². The normalized spacial score (nSPS) is 22.9. The molecule has 4 N–H and O–H groups in total. The monoisotopic (exact) mass is 699 g/mol. The number of hydrogen-bond donors (Lipinski definition) is 4. The van der Waals surface area contributed by atoms with Crippen molar-refractivity contribution in [3.05, 3.63) is 94.7 Å². The first kappa shape index (κ1) is 35.1. The standard InChI is InChI=1S/C36H41N7O8/c1-18(2)11-25-31(45)37-20(4)34-42-28(17-49-34)36(48)43-15-23(38-30(44)24-12-19(3)51-21(24)5)14-29(43)33(47)40-26(13-22-9-7-6-8-10-22)35-41-27(16-50-35)32(46)39-25/h6-10,12,16-18,20,23,25-26,29H,11,13-15H2,1-5H3,(H,37,45)(H,38,44)(H,39,46)(H,40,47)/t20-,23+,25-,26+,29+/m1/s1. The number of hydrogen-bond acceptors (Lipinski definition) is 10. The number of nitrogens with one attached hydrogen (secondary N) is 4. The number of carbonyl (C=O) groups excluding carboxylic acids is 5. The molecule has 15 heteroatoms. The first-order valence-corrected chi connectivity index (χ1v) is 16.9. The van der Waals surface area contributed by atoms with Crippen LogP contribution in [0, 0.1) is 19.8 Å². The summed E-state index contributed by atoms with van der Waals surface area (Å²) in [5, 5.41) is 11.5. The lowest BCUT2D eigenvalue weighted by atomic mass is 10.0. The minimum atomic E-state index is -1.04. The number of benzene rings is 1. The largest absolute Gasteiger partial charge is 0.466 e. The zero-order valence-electron chi connectivity index (χ0n) is 29.0. The van der Waals surface area contributed by atoms with Crippen molar-refractivity contribution < 1.29 is 37.2 Å². The lowest BCUT2D eigenvalue weighted by molar-refractivity contribution is -0.126. The molecule has 6 rings (SSSR count). The molecule has 0 spiro atoms. The number of oxazole rings is 2. The fourth-order valence-corrected chi connectivity index (χ4v) is 6.45. The maximum atomic E-state index is 14.2. The van der Waals surface area contributed by atoms with Gasteiger partial charge in [0.05, 0.1) is 5.56 Å². The van der Waals surface area contributed by atoms with Crippen molar-refractivity contribution in [1.82, 2.24) is 36.1 Å². The number of nitrogens with zero attached hydrogens (tertiary/aromatic N) is 3. The Labute approximate surface area is 293 Å². The molecule has 5 heterocycles. The van der Waals surface area contributed by atoms with Crippen LogP contribution >= 0.6 is 0 Å². The first-order chi connectivity index (χ1) is 24.4. The Kier molecular flexibility index (Phi) is 10.1. The summed E-state index contributed by atoms with van der Waals surface area (Å²) in [6, 6.07) is 6.76. The molecule has 3 aromatic heterocycles. The molecule has 1 fully saturated rings. The molecule has 0 saturated carbocycles. The van der Waals surface area contributed by atoms with Crippen LogP contribution in [0.25, 0.3) is 0 Å². The van der Waals surface area contributed by atoms with E-state index in [0.717, 1.165) is 5.56 Å². The van der Waals surface area contributed by atoms with E-state index in [4.69, 9.17) is 13.3 Å². The van der Waals surface area contributed by atoms with Crippen LogP contribution in [-0.4, -0.2) is 69.1 Å². The van der Waals surface area contributed by atoms with Gasteiger partial charge < -0.3 is 39.4 Å². The fourth-order valence-electron chi connectivity index (χ4n) is 6.45. The molecule has 2 aliphatic heterocycles. The highest BCUT2D eigenvalue weighted by Crippen LogP contribution is 2.26.